The normalized spacial score (nSPS) is 12.1. The molecule has 0 saturated carbocycles. The predicted octanol–water partition coefficient (Wildman–Crippen LogP) is 3.36. The number of benzene rings is 2. The first-order chi connectivity index (χ1) is 17.4. The maximum atomic E-state index is 13.8. The highest BCUT2D eigenvalue weighted by Crippen LogP contribution is 2.33. The summed E-state index contributed by atoms with van der Waals surface area (Å²) in [4.78, 5) is 28.4. The second-order valence-corrected chi connectivity index (χ2v) is 11.3. The largest absolute Gasteiger partial charge is 0.497 e. The van der Waals surface area contributed by atoms with Crippen LogP contribution in [0.2, 0.25) is 0 Å². The first-order valence-corrected chi connectivity index (χ1v) is 14.1. The Bertz CT molecular complexity index is 1180. The zero-order valence-electron chi connectivity index (χ0n) is 22.8. The van der Waals surface area contributed by atoms with E-state index in [1.165, 1.54) is 25.2 Å². The molecule has 204 valence electrons. The number of aryl methyl sites for hydroxylation is 1. The van der Waals surface area contributed by atoms with Crippen molar-refractivity contribution in [3.8, 4) is 11.5 Å². The number of rotatable bonds is 13. The number of hydrogen-bond donors (Lipinski definition) is 1. The minimum atomic E-state index is -3.89. The van der Waals surface area contributed by atoms with Gasteiger partial charge in [-0.2, -0.15) is 0 Å². The molecule has 2 aromatic rings. The lowest BCUT2D eigenvalue weighted by Crippen LogP contribution is -2.52. The quantitative estimate of drug-likeness (QED) is 0.423. The van der Waals surface area contributed by atoms with Crippen molar-refractivity contribution in [2.45, 2.75) is 46.7 Å². The monoisotopic (exact) mass is 533 g/mol. The van der Waals surface area contributed by atoms with Gasteiger partial charge >= 0.3 is 0 Å². The van der Waals surface area contributed by atoms with Gasteiger partial charge < -0.3 is 19.7 Å². The van der Waals surface area contributed by atoms with Gasteiger partial charge in [-0.25, -0.2) is 8.42 Å². The lowest BCUT2D eigenvalue weighted by atomic mass is 10.1. The first kappa shape index (κ1) is 30.0. The Morgan fingerprint density at radius 3 is 2.30 bits per heavy atom. The van der Waals surface area contributed by atoms with Gasteiger partial charge in [-0.15, -0.1) is 0 Å². The highest BCUT2D eigenvalue weighted by Gasteiger charge is 2.32. The van der Waals surface area contributed by atoms with Gasteiger partial charge in [-0.3, -0.25) is 13.9 Å². The van der Waals surface area contributed by atoms with Crippen LogP contribution >= 0.6 is 0 Å². The van der Waals surface area contributed by atoms with E-state index in [-0.39, 0.29) is 29.8 Å². The fraction of sp³-hybridized carbons (Fsp3) is 0.481. The zero-order valence-corrected chi connectivity index (χ0v) is 23.6. The van der Waals surface area contributed by atoms with Crippen molar-refractivity contribution in [3.63, 3.8) is 0 Å². The lowest BCUT2D eigenvalue weighted by Gasteiger charge is -2.33. The number of anilines is 1. The van der Waals surface area contributed by atoms with Crippen LogP contribution in [0.4, 0.5) is 5.69 Å². The third-order valence-corrected chi connectivity index (χ3v) is 6.97. The Morgan fingerprint density at radius 2 is 1.76 bits per heavy atom. The van der Waals surface area contributed by atoms with E-state index < -0.39 is 28.5 Å². The SMILES string of the molecule is CCC(C(=O)NCC(C)C)N(Cc1cccc(C)c1)C(=O)CN(c1ccc(OC)cc1OC)S(C)(=O)=O. The maximum absolute atomic E-state index is 13.8. The molecule has 2 rings (SSSR count). The molecule has 0 aliphatic heterocycles. The van der Waals surface area contributed by atoms with Crippen LogP contribution in [0.25, 0.3) is 0 Å². The third-order valence-electron chi connectivity index (χ3n) is 5.84. The third kappa shape index (κ3) is 8.38. The van der Waals surface area contributed by atoms with Gasteiger partial charge in [0, 0.05) is 19.2 Å². The van der Waals surface area contributed by atoms with Crippen molar-refractivity contribution in [3.05, 3.63) is 53.6 Å². The van der Waals surface area contributed by atoms with E-state index >= 15 is 0 Å². The average molecular weight is 534 g/mol. The zero-order chi connectivity index (χ0) is 27.8. The number of nitrogens with zero attached hydrogens (tertiary/aromatic N) is 2. The molecule has 0 aromatic heterocycles. The van der Waals surface area contributed by atoms with Gasteiger partial charge in [0.15, 0.2) is 0 Å². The highest BCUT2D eigenvalue weighted by molar-refractivity contribution is 7.92. The average Bonchev–Trinajstić information content (AvgIpc) is 2.84. The topological polar surface area (TPSA) is 105 Å². The number of nitrogens with one attached hydrogen (secondary N) is 1. The second kappa shape index (κ2) is 13.3. The Kier molecular flexibility index (Phi) is 10.8. The van der Waals surface area contributed by atoms with Crippen LogP contribution in [-0.2, 0) is 26.2 Å². The number of methoxy groups -OCH3 is 2. The van der Waals surface area contributed by atoms with E-state index in [0.29, 0.717) is 18.7 Å². The van der Waals surface area contributed by atoms with E-state index in [4.69, 9.17) is 9.47 Å². The molecule has 9 nitrogen and oxygen atoms in total. The highest BCUT2D eigenvalue weighted by atomic mass is 32.2. The number of sulfonamides is 1. The Morgan fingerprint density at radius 1 is 1.05 bits per heavy atom. The number of amides is 2. The molecule has 2 amide bonds. The van der Waals surface area contributed by atoms with Gasteiger partial charge in [-0.05, 0) is 37.0 Å². The fourth-order valence-corrected chi connectivity index (χ4v) is 4.79. The molecule has 10 heteroatoms. The molecule has 0 bridgehead atoms. The molecule has 0 heterocycles. The number of ether oxygens (including phenoxy) is 2. The summed E-state index contributed by atoms with van der Waals surface area (Å²) in [5, 5.41) is 2.91. The van der Waals surface area contributed by atoms with Gasteiger partial charge in [0.1, 0.15) is 24.1 Å². The Labute approximate surface area is 220 Å². The Balaban J connectivity index is 2.49. The van der Waals surface area contributed by atoms with Crippen LogP contribution in [0.5, 0.6) is 11.5 Å². The lowest BCUT2D eigenvalue weighted by molar-refractivity contribution is -0.140. The summed E-state index contributed by atoms with van der Waals surface area (Å²) in [6.45, 7) is 7.89. The van der Waals surface area contributed by atoms with E-state index in [0.717, 1.165) is 21.7 Å². The van der Waals surface area contributed by atoms with Gasteiger partial charge in [-0.1, -0.05) is 50.6 Å². The molecule has 37 heavy (non-hydrogen) atoms. The summed E-state index contributed by atoms with van der Waals surface area (Å²) in [6.07, 6.45) is 1.40. The van der Waals surface area contributed by atoms with E-state index in [1.54, 1.807) is 12.1 Å². The minimum Gasteiger partial charge on any atom is -0.497 e. The van der Waals surface area contributed by atoms with Crippen LogP contribution in [0.3, 0.4) is 0 Å². The van der Waals surface area contributed by atoms with Crippen LogP contribution in [0.1, 0.15) is 38.3 Å². The van der Waals surface area contributed by atoms with Gasteiger partial charge in [0.2, 0.25) is 21.8 Å². The molecule has 0 radical (unpaired) electrons. The van der Waals surface area contributed by atoms with Crippen molar-refractivity contribution >= 4 is 27.5 Å². The molecule has 1 unspecified atom stereocenters. The van der Waals surface area contributed by atoms with Crippen LogP contribution in [-0.4, -0.2) is 64.7 Å². The predicted molar refractivity (Wildman–Crippen MR) is 145 cm³/mol. The van der Waals surface area contributed by atoms with Gasteiger partial charge in [0.25, 0.3) is 0 Å². The second-order valence-electron chi connectivity index (χ2n) is 9.38. The summed E-state index contributed by atoms with van der Waals surface area (Å²) in [7, 11) is -0.984. The molecule has 1 N–H and O–H groups in total. The van der Waals surface area contributed by atoms with Crippen molar-refractivity contribution in [1.82, 2.24) is 10.2 Å². The van der Waals surface area contributed by atoms with E-state index in [2.05, 4.69) is 5.32 Å². The van der Waals surface area contributed by atoms with E-state index in [9.17, 15) is 18.0 Å². The molecule has 0 aliphatic carbocycles. The summed E-state index contributed by atoms with van der Waals surface area (Å²) in [6, 6.07) is 11.6. The number of carbonyl (C=O) groups excluding carboxylic acids is 2. The van der Waals surface area contributed by atoms with Crippen molar-refractivity contribution in [2.75, 3.05) is 37.9 Å². The van der Waals surface area contributed by atoms with Crippen molar-refractivity contribution in [1.29, 1.82) is 0 Å². The van der Waals surface area contributed by atoms with Crippen molar-refractivity contribution < 1.29 is 27.5 Å². The van der Waals surface area contributed by atoms with Gasteiger partial charge in [0.05, 0.1) is 26.2 Å². The molecule has 0 spiro atoms. The van der Waals surface area contributed by atoms with Crippen LogP contribution in [0, 0.1) is 12.8 Å². The molecule has 0 aliphatic rings. The minimum absolute atomic E-state index is 0.158. The van der Waals surface area contributed by atoms with Crippen molar-refractivity contribution in [2.24, 2.45) is 5.92 Å². The molecule has 0 saturated heterocycles. The molecular weight excluding hydrogens is 494 g/mol. The molecule has 0 fully saturated rings. The molecule has 2 aromatic carbocycles. The molecule has 1 atom stereocenters. The first-order valence-electron chi connectivity index (χ1n) is 12.2. The number of hydrogen-bond acceptors (Lipinski definition) is 6. The molecular formula is C27H39N3O6S. The smallest absolute Gasteiger partial charge is 0.244 e. The van der Waals surface area contributed by atoms with E-state index in [1.807, 2.05) is 52.0 Å². The van der Waals surface area contributed by atoms with Crippen LogP contribution in [0.15, 0.2) is 42.5 Å². The summed E-state index contributed by atoms with van der Waals surface area (Å²) in [5.41, 5.74) is 2.06. The standard InChI is InChI=1S/C27H39N3O6S/c1-8-23(27(32)28-16-19(2)3)29(17-21-11-9-10-20(4)14-21)26(31)18-30(37(7,33)34)24-13-12-22(35-5)15-25(24)36-6/h9-15,19,23H,8,16-18H2,1-7H3,(H,28,32). The summed E-state index contributed by atoms with van der Waals surface area (Å²) in [5.74, 6) is 0.186. The number of carbonyl (C=O) groups is 2. The fourth-order valence-electron chi connectivity index (χ4n) is 3.93. The summed E-state index contributed by atoms with van der Waals surface area (Å²) >= 11 is 0. The maximum Gasteiger partial charge on any atom is 0.244 e. The Hall–Kier alpha value is -3.27. The van der Waals surface area contributed by atoms with Crippen LogP contribution < -0.4 is 19.1 Å². The summed E-state index contributed by atoms with van der Waals surface area (Å²) < 4.78 is 37.3.